The standard InChI is InChI=1S/C18H27BN2O4S/c1-17(2)18(3,4)25-19(24-17)13-6-8-16(9-7-13)26(22,23)21-12-14-10-15(21)11-20(14)5/h6-9,14-15H,10-12H2,1-5H3. The summed E-state index contributed by atoms with van der Waals surface area (Å²) in [7, 11) is -1.87. The van der Waals surface area contributed by atoms with Gasteiger partial charge in [0.25, 0.3) is 0 Å². The molecular formula is C18H27BN2O4S. The van der Waals surface area contributed by atoms with E-state index in [2.05, 4.69) is 11.9 Å². The van der Waals surface area contributed by atoms with Crippen LogP contribution in [0.2, 0.25) is 0 Å². The van der Waals surface area contributed by atoms with Crippen molar-refractivity contribution in [3.05, 3.63) is 24.3 Å². The summed E-state index contributed by atoms with van der Waals surface area (Å²) >= 11 is 0. The minimum atomic E-state index is -3.45. The first kappa shape index (κ1) is 18.4. The zero-order valence-corrected chi connectivity index (χ0v) is 16.9. The Bertz CT molecular complexity index is 791. The molecular weight excluding hydrogens is 351 g/mol. The second-order valence-electron chi connectivity index (χ2n) is 8.71. The van der Waals surface area contributed by atoms with Crippen molar-refractivity contribution in [2.75, 3.05) is 20.1 Å². The first-order valence-corrected chi connectivity index (χ1v) is 10.6. The summed E-state index contributed by atoms with van der Waals surface area (Å²) in [6.45, 7) is 9.42. The average Bonchev–Trinajstić information content (AvgIpc) is 3.18. The van der Waals surface area contributed by atoms with E-state index in [4.69, 9.17) is 9.31 Å². The lowest BCUT2D eigenvalue weighted by Crippen LogP contribution is -2.47. The van der Waals surface area contributed by atoms with Gasteiger partial charge in [-0.05, 0) is 58.8 Å². The molecule has 2 unspecified atom stereocenters. The molecule has 3 aliphatic rings. The Morgan fingerprint density at radius 2 is 1.58 bits per heavy atom. The van der Waals surface area contributed by atoms with E-state index in [0.29, 0.717) is 17.5 Å². The van der Waals surface area contributed by atoms with Crippen LogP contribution in [0.25, 0.3) is 0 Å². The van der Waals surface area contributed by atoms with Crippen molar-refractivity contribution in [2.45, 2.75) is 62.3 Å². The number of likely N-dealkylation sites (N-methyl/N-ethyl adjacent to an activating group) is 1. The van der Waals surface area contributed by atoms with E-state index >= 15 is 0 Å². The molecule has 0 aromatic heterocycles. The van der Waals surface area contributed by atoms with Gasteiger partial charge >= 0.3 is 7.12 Å². The molecule has 8 heteroatoms. The first-order valence-electron chi connectivity index (χ1n) is 9.19. The number of hydrogen-bond acceptors (Lipinski definition) is 5. The zero-order valence-electron chi connectivity index (χ0n) is 16.1. The van der Waals surface area contributed by atoms with Crippen LogP contribution in [-0.4, -0.2) is 68.2 Å². The molecule has 0 spiro atoms. The fourth-order valence-corrected chi connectivity index (χ4v) is 5.70. The number of benzene rings is 1. The Morgan fingerprint density at radius 3 is 2.04 bits per heavy atom. The van der Waals surface area contributed by atoms with Gasteiger partial charge in [0.2, 0.25) is 10.0 Å². The normalized spacial score (nSPS) is 31.0. The summed E-state index contributed by atoms with van der Waals surface area (Å²) in [6.07, 6.45) is 0.932. The van der Waals surface area contributed by atoms with Gasteiger partial charge in [0, 0.05) is 25.2 Å². The third-order valence-corrected chi connectivity index (χ3v) is 8.41. The number of likely N-dealkylation sites (tertiary alicyclic amines) is 1. The molecule has 2 bridgehead atoms. The quantitative estimate of drug-likeness (QED) is 0.737. The van der Waals surface area contributed by atoms with Crippen molar-refractivity contribution in [1.82, 2.24) is 9.21 Å². The average molecular weight is 378 g/mol. The third-order valence-electron chi connectivity index (χ3n) is 6.48. The van der Waals surface area contributed by atoms with Crippen LogP contribution < -0.4 is 5.46 Å². The molecule has 142 valence electrons. The van der Waals surface area contributed by atoms with Crippen molar-refractivity contribution < 1.29 is 17.7 Å². The van der Waals surface area contributed by atoms with Gasteiger partial charge in [-0.3, -0.25) is 0 Å². The summed E-state index contributed by atoms with van der Waals surface area (Å²) in [5, 5.41) is 0. The third kappa shape index (κ3) is 2.74. The van der Waals surface area contributed by atoms with Gasteiger partial charge in [0.05, 0.1) is 16.1 Å². The number of sulfonamides is 1. The van der Waals surface area contributed by atoms with E-state index in [0.717, 1.165) is 18.4 Å². The van der Waals surface area contributed by atoms with Crippen LogP contribution in [0.4, 0.5) is 0 Å². The van der Waals surface area contributed by atoms with E-state index in [9.17, 15) is 8.42 Å². The minimum Gasteiger partial charge on any atom is -0.399 e. The Labute approximate surface area is 156 Å². The maximum Gasteiger partial charge on any atom is 0.494 e. The maximum absolute atomic E-state index is 13.0. The molecule has 2 atom stereocenters. The van der Waals surface area contributed by atoms with Gasteiger partial charge in [-0.2, -0.15) is 4.31 Å². The van der Waals surface area contributed by atoms with Gasteiger partial charge in [-0.1, -0.05) is 12.1 Å². The van der Waals surface area contributed by atoms with Crippen molar-refractivity contribution in [3.8, 4) is 0 Å². The SMILES string of the molecule is CN1CC2CC1CN2S(=O)(=O)c1ccc(B2OC(C)(C)C(C)(C)O2)cc1. The molecule has 3 saturated heterocycles. The molecule has 0 radical (unpaired) electrons. The fraction of sp³-hybridized carbons (Fsp3) is 0.667. The molecule has 4 rings (SSSR count). The van der Waals surface area contributed by atoms with Crippen LogP contribution in [0, 0.1) is 0 Å². The van der Waals surface area contributed by atoms with Crippen LogP contribution in [0.3, 0.4) is 0 Å². The largest absolute Gasteiger partial charge is 0.494 e. The smallest absolute Gasteiger partial charge is 0.399 e. The monoisotopic (exact) mass is 378 g/mol. The lowest BCUT2D eigenvalue weighted by atomic mass is 9.79. The highest BCUT2D eigenvalue weighted by Gasteiger charge is 2.52. The lowest BCUT2D eigenvalue weighted by molar-refractivity contribution is 0.00578. The highest BCUT2D eigenvalue weighted by molar-refractivity contribution is 7.89. The predicted octanol–water partition coefficient (Wildman–Crippen LogP) is 1.06. The van der Waals surface area contributed by atoms with Crippen molar-refractivity contribution in [3.63, 3.8) is 0 Å². The van der Waals surface area contributed by atoms with Crippen molar-refractivity contribution in [2.24, 2.45) is 0 Å². The first-order chi connectivity index (χ1) is 12.0. The molecule has 3 fully saturated rings. The number of hydrogen-bond donors (Lipinski definition) is 0. The lowest BCUT2D eigenvalue weighted by Gasteiger charge is -2.32. The molecule has 26 heavy (non-hydrogen) atoms. The van der Waals surface area contributed by atoms with Crippen LogP contribution in [-0.2, 0) is 19.3 Å². The second kappa shape index (κ2) is 5.78. The molecule has 3 aliphatic heterocycles. The Morgan fingerprint density at radius 1 is 1.00 bits per heavy atom. The molecule has 6 nitrogen and oxygen atoms in total. The molecule has 3 heterocycles. The number of rotatable bonds is 3. The summed E-state index contributed by atoms with van der Waals surface area (Å²) in [5.41, 5.74) is 0.0113. The van der Waals surface area contributed by atoms with Crippen LogP contribution in [0.5, 0.6) is 0 Å². The number of nitrogens with zero attached hydrogens (tertiary/aromatic N) is 2. The Balaban J connectivity index is 1.54. The topological polar surface area (TPSA) is 59.1 Å². The van der Waals surface area contributed by atoms with Gasteiger partial charge in [0.15, 0.2) is 0 Å². The predicted molar refractivity (Wildman–Crippen MR) is 101 cm³/mol. The number of piperazine rings is 1. The van der Waals surface area contributed by atoms with Crippen molar-refractivity contribution in [1.29, 1.82) is 0 Å². The van der Waals surface area contributed by atoms with Gasteiger partial charge in [-0.15, -0.1) is 0 Å². The highest BCUT2D eigenvalue weighted by Crippen LogP contribution is 2.37. The summed E-state index contributed by atoms with van der Waals surface area (Å²) < 4.78 is 39.8. The van der Waals surface area contributed by atoms with Gasteiger partial charge in [-0.25, -0.2) is 8.42 Å². The summed E-state index contributed by atoms with van der Waals surface area (Å²) in [6, 6.07) is 7.39. The molecule has 0 saturated carbocycles. The molecule has 1 aromatic rings. The van der Waals surface area contributed by atoms with Crippen LogP contribution in [0.15, 0.2) is 29.2 Å². The Kier molecular flexibility index (Phi) is 4.10. The molecule has 0 N–H and O–H groups in total. The van der Waals surface area contributed by atoms with E-state index in [1.807, 2.05) is 27.7 Å². The second-order valence-corrected chi connectivity index (χ2v) is 10.6. The Hall–Kier alpha value is -0.925. The fourth-order valence-electron chi connectivity index (χ4n) is 4.04. The van der Waals surface area contributed by atoms with Crippen molar-refractivity contribution >= 4 is 22.6 Å². The number of fused-ring (bicyclic) bond motifs is 2. The summed E-state index contributed by atoms with van der Waals surface area (Å²) in [4.78, 5) is 2.59. The van der Waals surface area contributed by atoms with Gasteiger partial charge < -0.3 is 14.2 Å². The molecule has 1 aromatic carbocycles. The van der Waals surface area contributed by atoms with E-state index in [-0.39, 0.29) is 6.04 Å². The van der Waals surface area contributed by atoms with E-state index in [1.54, 1.807) is 28.6 Å². The highest BCUT2D eigenvalue weighted by atomic mass is 32.2. The van der Waals surface area contributed by atoms with E-state index in [1.165, 1.54) is 0 Å². The molecule has 0 amide bonds. The van der Waals surface area contributed by atoms with E-state index < -0.39 is 28.3 Å². The van der Waals surface area contributed by atoms with Gasteiger partial charge in [0.1, 0.15) is 0 Å². The van der Waals surface area contributed by atoms with Crippen LogP contribution in [0.1, 0.15) is 34.1 Å². The molecule has 0 aliphatic carbocycles. The zero-order chi connectivity index (χ0) is 18.9. The van der Waals surface area contributed by atoms with Crippen LogP contribution >= 0.6 is 0 Å². The maximum atomic E-state index is 13.0. The minimum absolute atomic E-state index is 0.0952. The summed E-state index contributed by atoms with van der Waals surface area (Å²) in [5.74, 6) is 0.